The minimum Gasteiger partial charge on any atom is -0.458 e. The van der Waals surface area contributed by atoms with E-state index < -0.39 is 6.04 Å². The Kier molecular flexibility index (Phi) is 7.73. The number of tetrazole rings is 1. The Morgan fingerprint density at radius 3 is 2.67 bits per heavy atom. The van der Waals surface area contributed by atoms with Crippen molar-refractivity contribution in [3.63, 3.8) is 0 Å². The molecular formula is C24H30N6O5S. The summed E-state index contributed by atoms with van der Waals surface area (Å²) < 4.78 is 17.1. The SMILES string of the molecule is Cc1ccc(-c2nnn(CC(=O)N(C[C@H]3CCCO3)[C@@H](C(=O)NC[C@@H]3CCCO3)c3cccs3)n2)o1. The largest absolute Gasteiger partial charge is 0.458 e. The summed E-state index contributed by atoms with van der Waals surface area (Å²) in [6.45, 7) is 3.74. The molecule has 12 heteroatoms. The van der Waals surface area contributed by atoms with Crippen molar-refractivity contribution < 1.29 is 23.5 Å². The van der Waals surface area contributed by atoms with Gasteiger partial charge in [0.05, 0.1) is 12.2 Å². The predicted molar refractivity (Wildman–Crippen MR) is 130 cm³/mol. The summed E-state index contributed by atoms with van der Waals surface area (Å²) in [5, 5.41) is 17.3. The van der Waals surface area contributed by atoms with Crippen LogP contribution in [0.3, 0.4) is 0 Å². The third kappa shape index (κ3) is 5.82. The molecule has 2 fully saturated rings. The van der Waals surface area contributed by atoms with Crippen LogP contribution in [0.2, 0.25) is 0 Å². The number of hydrogen-bond acceptors (Lipinski definition) is 9. The van der Waals surface area contributed by atoms with Gasteiger partial charge in [0.2, 0.25) is 17.6 Å². The minimum absolute atomic E-state index is 0.00302. The zero-order chi connectivity index (χ0) is 24.9. The maximum atomic E-state index is 13.7. The fourth-order valence-electron chi connectivity index (χ4n) is 4.52. The second-order valence-electron chi connectivity index (χ2n) is 9.03. The van der Waals surface area contributed by atoms with Gasteiger partial charge >= 0.3 is 0 Å². The second kappa shape index (κ2) is 11.3. The van der Waals surface area contributed by atoms with Gasteiger partial charge in [-0.3, -0.25) is 9.59 Å². The molecule has 0 spiro atoms. The molecule has 3 aromatic heterocycles. The molecule has 1 N–H and O–H groups in total. The third-order valence-corrected chi connectivity index (χ3v) is 7.26. The van der Waals surface area contributed by atoms with Gasteiger partial charge in [-0.25, -0.2) is 0 Å². The van der Waals surface area contributed by atoms with Crippen molar-refractivity contribution in [2.24, 2.45) is 0 Å². The minimum atomic E-state index is -0.793. The maximum Gasteiger partial charge on any atom is 0.248 e. The number of ether oxygens (including phenoxy) is 2. The van der Waals surface area contributed by atoms with Crippen molar-refractivity contribution in [3.05, 3.63) is 40.3 Å². The molecule has 0 aromatic carbocycles. The van der Waals surface area contributed by atoms with Gasteiger partial charge in [-0.15, -0.1) is 21.5 Å². The highest BCUT2D eigenvalue weighted by molar-refractivity contribution is 7.10. The zero-order valence-corrected chi connectivity index (χ0v) is 21.0. The van der Waals surface area contributed by atoms with E-state index in [9.17, 15) is 9.59 Å². The van der Waals surface area contributed by atoms with Crippen LogP contribution in [-0.2, 0) is 25.6 Å². The maximum absolute atomic E-state index is 13.7. The van der Waals surface area contributed by atoms with Crippen LogP contribution in [0, 0.1) is 6.92 Å². The van der Waals surface area contributed by atoms with Crippen molar-refractivity contribution >= 4 is 23.2 Å². The van der Waals surface area contributed by atoms with Crippen LogP contribution in [0.25, 0.3) is 11.6 Å². The molecule has 2 aliphatic heterocycles. The smallest absolute Gasteiger partial charge is 0.248 e. The van der Waals surface area contributed by atoms with Crippen LogP contribution in [-0.4, -0.2) is 75.4 Å². The van der Waals surface area contributed by atoms with Crippen LogP contribution in [0.1, 0.15) is 42.4 Å². The van der Waals surface area contributed by atoms with Crippen LogP contribution in [0.15, 0.2) is 34.1 Å². The van der Waals surface area contributed by atoms with E-state index in [0.29, 0.717) is 37.9 Å². The summed E-state index contributed by atoms with van der Waals surface area (Å²) in [6, 6.07) is 6.53. The van der Waals surface area contributed by atoms with Crippen LogP contribution in [0.4, 0.5) is 0 Å². The monoisotopic (exact) mass is 514 g/mol. The molecule has 0 saturated carbocycles. The summed E-state index contributed by atoms with van der Waals surface area (Å²) in [6.07, 6.45) is 3.54. The van der Waals surface area contributed by atoms with E-state index in [1.54, 1.807) is 11.0 Å². The van der Waals surface area contributed by atoms with Gasteiger partial charge in [-0.1, -0.05) is 6.07 Å². The van der Waals surface area contributed by atoms with Crippen LogP contribution < -0.4 is 5.32 Å². The lowest BCUT2D eigenvalue weighted by atomic mass is 10.1. The van der Waals surface area contributed by atoms with Crippen LogP contribution in [0.5, 0.6) is 0 Å². The van der Waals surface area contributed by atoms with Crippen LogP contribution >= 0.6 is 11.3 Å². The summed E-state index contributed by atoms with van der Waals surface area (Å²) in [5.41, 5.74) is 0. The fraction of sp³-hybridized carbons (Fsp3) is 0.542. The van der Waals surface area contributed by atoms with E-state index in [-0.39, 0.29) is 30.6 Å². The number of aromatic nitrogens is 4. The Labute approximate surface area is 212 Å². The molecule has 2 saturated heterocycles. The predicted octanol–water partition coefficient (Wildman–Crippen LogP) is 2.35. The van der Waals surface area contributed by atoms with Gasteiger partial charge in [-0.05, 0) is 61.4 Å². The number of nitrogens with one attached hydrogen (secondary N) is 1. The molecule has 0 radical (unpaired) electrons. The Morgan fingerprint density at radius 1 is 1.19 bits per heavy atom. The first-order chi connectivity index (χ1) is 17.6. The Balaban J connectivity index is 1.36. The second-order valence-corrected chi connectivity index (χ2v) is 10.0. The van der Waals surface area contributed by atoms with E-state index in [4.69, 9.17) is 13.9 Å². The van der Waals surface area contributed by atoms with Crippen molar-refractivity contribution in [1.82, 2.24) is 30.4 Å². The molecular weight excluding hydrogens is 484 g/mol. The average molecular weight is 515 g/mol. The molecule has 2 aliphatic rings. The van der Waals surface area contributed by atoms with Gasteiger partial charge in [0.25, 0.3) is 0 Å². The molecule has 2 amide bonds. The highest BCUT2D eigenvalue weighted by Crippen LogP contribution is 2.28. The van der Waals surface area contributed by atoms with E-state index in [0.717, 1.165) is 36.3 Å². The van der Waals surface area contributed by atoms with E-state index in [2.05, 4.69) is 20.7 Å². The van der Waals surface area contributed by atoms with Gasteiger partial charge in [0.15, 0.2) is 5.76 Å². The van der Waals surface area contributed by atoms with Crippen molar-refractivity contribution in [2.75, 3.05) is 26.3 Å². The first kappa shape index (κ1) is 24.6. The Morgan fingerprint density at radius 2 is 2.00 bits per heavy atom. The first-order valence-corrected chi connectivity index (χ1v) is 13.1. The number of aryl methyl sites for hydroxylation is 1. The number of rotatable bonds is 10. The first-order valence-electron chi connectivity index (χ1n) is 12.3. The summed E-state index contributed by atoms with van der Waals surface area (Å²) >= 11 is 1.44. The number of nitrogens with zero attached hydrogens (tertiary/aromatic N) is 5. The molecule has 11 nitrogen and oxygen atoms in total. The fourth-order valence-corrected chi connectivity index (χ4v) is 5.36. The Bertz CT molecular complexity index is 1150. The molecule has 36 heavy (non-hydrogen) atoms. The molecule has 0 bridgehead atoms. The van der Waals surface area contributed by atoms with Gasteiger partial charge in [0.1, 0.15) is 18.3 Å². The van der Waals surface area contributed by atoms with E-state index >= 15 is 0 Å². The highest BCUT2D eigenvalue weighted by atomic mass is 32.1. The Hall–Kier alpha value is -3.09. The number of thiophene rings is 1. The number of hydrogen-bond donors (Lipinski definition) is 1. The molecule has 5 rings (SSSR count). The topological polar surface area (TPSA) is 125 Å². The number of carbonyl (C=O) groups excluding carboxylic acids is 2. The standard InChI is InChI=1S/C24H30N6O5S/c1-16-8-9-19(35-16)23-26-28-30(27-23)15-21(31)29(14-18-6-3-11-34-18)22(20-7-4-12-36-20)24(32)25-13-17-5-2-10-33-17/h4,7-9,12,17-18,22H,2-3,5-6,10-11,13-15H2,1H3,(H,25,32)/t17-,18+,22+/m0/s1. The number of amides is 2. The lowest BCUT2D eigenvalue weighted by Gasteiger charge is -2.32. The van der Waals surface area contributed by atoms with Gasteiger partial charge in [0, 0.05) is 31.2 Å². The van der Waals surface area contributed by atoms with Crippen molar-refractivity contribution in [1.29, 1.82) is 0 Å². The quantitative estimate of drug-likeness (QED) is 0.437. The molecule has 0 aliphatic carbocycles. The number of furan rings is 1. The molecule has 3 atom stereocenters. The molecule has 5 heterocycles. The van der Waals surface area contributed by atoms with E-state index in [1.165, 1.54) is 16.1 Å². The van der Waals surface area contributed by atoms with E-state index in [1.807, 2.05) is 30.5 Å². The molecule has 0 unspecified atom stereocenters. The molecule has 192 valence electrons. The van der Waals surface area contributed by atoms with Gasteiger partial charge < -0.3 is 24.1 Å². The lowest BCUT2D eigenvalue weighted by molar-refractivity contribution is -0.143. The average Bonchev–Trinajstić information content (AvgIpc) is 3.68. The summed E-state index contributed by atoms with van der Waals surface area (Å²) in [7, 11) is 0. The zero-order valence-electron chi connectivity index (χ0n) is 20.2. The number of carbonyl (C=O) groups is 2. The van der Waals surface area contributed by atoms with Gasteiger partial charge in [-0.2, -0.15) is 4.80 Å². The molecule has 3 aromatic rings. The lowest BCUT2D eigenvalue weighted by Crippen LogP contribution is -2.48. The normalized spacial score (nSPS) is 20.5. The summed E-state index contributed by atoms with van der Waals surface area (Å²) in [4.78, 5) is 30.8. The highest BCUT2D eigenvalue weighted by Gasteiger charge is 2.35. The summed E-state index contributed by atoms with van der Waals surface area (Å²) in [5.74, 6) is 0.972. The third-order valence-electron chi connectivity index (χ3n) is 6.34. The van der Waals surface area contributed by atoms with Crippen molar-refractivity contribution in [3.8, 4) is 11.6 Å². The van der Waals surface area contributed by atoms with Crippen molar-refractivity contribution in [2.45, 2.75) is 57.4 Å².